The summed E-state index contributed by atoms with van der Waals surface area (Å²) in [5.41, 5.74) is 10.0. The number of nitrogens with one attached hydrogen (secondary N) is 1. The maximum atomic E-state index is 7.12. The van der Waals surface area contributed by atoms with Crippen molar-refractivity contribution in [2.24, 2.45) is 15.9 Å². The van der Waals surface area contributed by atoms with Crippen LogP contribution in [0.5, 0.6) is 0 Å². The predicted molar refractivity (Wildman–Crippen MR) is 239 cm³/mol. The fraction of sp³-hybridized carbons (Fsp3) is 0.0980. The molecule has 272 valence electrons. The molecule has 3 aromatic heterocycles. The van der Waals surface area contributed by atoms with Gasteiger partial charge in [0.25, 0.3) is 0 Å². The summed E-state index contributed by atoms with van der Waals surface area (Å²) in [4.78, 5) is 10.4. The van der Waals surface area contributed by atoms with Crippen molar-refractivity contribution in [3.8, 4) is 16.8 Å². The first-order valence-corrected chi connectivity index (χ1v) is 20.6. The van der Waals surface area contributed by atoms with Gasteiger partial charge in [-0.25, -0.2) is 9.98 Å². The molecule has 0 radical (unpaired) electrons. The van der Waals surface area contributed by atoms with Crippen LogP contribution in [0.3, 0.4) is 0 Å². The third kappa shape index (κ3) is 5.07. The first-order valence-electron chi connectivity index (χ1n) is 19.8. The lowest BCUT2D eigenvalue weighted by atomic mass is 9.96. The molecule has 9 aromatic rings. The largest absolute Gasteiger partial charge is 0.455 e. The van der Waals surface area contributed by atoms with Gasteiger partial charge in [0.1, 0.15) is 28.8 Å². The lowest BCUT2D eigenvalue weighted by Crippen LogP contribution is -2.44. The number of benzene rings is 6. The maximum Gasteiger partial charge on any atom is 0.147 e. The summed E-state index contributed by atoms with van der Waals surface area (Å²) in [6.07, 6.45) is 13.4. The molecule has 0 saturated heterocycles. The molecule has 6 heteroatoms. The fourth-order valence-electron chi connectivity index (χ4n) is 9.24. The standard InChI is InChI=1S/C51H36N4OS/c1-3-15-31(16-4-1)49-52-50(32-17-5-2-6-18-32)54-51(53-49)41-27-12-22-36-35-21-11-23-37(45(35)56-46(36)41)38-24-13-25-39-40-26-14-30-44(48(40)57-47(38)39)55-42-28-9-7-19-33(42)34-20-8-10-29-43(34)55/h1-11,13-17,19-26,28-30,32,51H,12,18,27H2,(H,52,53,54). The number of aliphatic imine (C=N–C) groups is 2. The average Bonchev–Trinajstić information content (AvgIpc) is 3.97. The number of para-hydroxylation sites is 3. The van der Waals surface area contributed by atoms with Gasteiger partial charge in [0.05, 0.1) is 21.4 Å². The Labute approximate surface area is 332 Å². The van der Waals surface area contributed by atoms with Gasteiger partial charge >= 0.3 is 0 Å². The molecular weight excluding hydrogens is 717 g/mol. The quantitative estimate of drug-likeness (QED) is 0.190. The number of hydrogen-bond acceptors (Lipinski definition) is 5. The monoisotopic (exact) mass is 752 g/mol. The average molecular weight is 753 g/mol. The summed E-state index contributed by atoms with van der Waals surface area (Å²) in [5.74, 6) is 1.84. The lowest BCUT2D eigenvalue weighted by Gasteiger charge is -2.27. The van der Waals surface area contributed by atoms with Gasteiger partial charge in [-0.15, -0.1) is 11.3 Å². The molecule has 0 fully saturated rings. The number of allylic oxidation sites excluding steroid dienone is 3. The van der Waals surface area contributed by atoms with Crippen LogP contribution in [-0.4, -0.2) is 22.4 Å². The Morgan fingerprint density at radius 1 is 0.667 bits per heavy atom. The van der Waals surface area contributed by atoms with Crippen LogP contribution in [0.1, 0.15) is 24.8 Å². The van der Waals surface area contributed by atoms with Crippen molar-refractivity contribution in [2.45, 2.75) is 25.4 Å². The van der Waals surface area contributed by atoms with Crippen molar-refractivity contribution in [2.75, 3.05) is 0 Å². The Morgan fingerprint density at radius 3 is 2.16 bits per heavy atom. The van der Waals surface area contributed by atoms with E-state index >= 15 is 0 Å². The summed E-state index contributed by atoms with van der Waals surface area (Å²) in [6.45, 7) is 0. The summed E-state index contributed by atoms with van der Waals surface area (Å²) < 4.78 is 12.1. The van der Waals surface area contributed by atoms with Crippen molar-refractivity contribution in [1.29, 1.82) is 0 Å². The highest BCUT2D eigenvalue weighted by molar-refractivity contribution is 7.26. The zero-order chi connectivity index (χ0) is 37.5. The molecule has 4 heterocycles. The number of aromatic nitrogens is 1. The number of furan rings is 1. The van der Waals surface area contributed by atoms with Crippen LogP contribution in [0.25, 0.3) is 81.4 Å². The lowest BCUT2D eigenvalue weighted by molar-refractivity contribution is 0.557. The molecule has 0 spiro atoms. The van der Waals surface area contributed by atoms with Crippen LogP contribution in [0, 0.1) is 5.92 Å². The molecule has 6 aromatic carbocycles. The van der Waals surface area contributed by atoms with Crippen LogP contribution in [0.2, 0.25) is 0 Å². The number of nitrogens with zero attached hydrogens (tertiary/aromatic N) is 3. The minimum atomic E-state index is -0.284. The topological polar surface area (TPSA) is 54.8 Å². The number of hydrogen-bond donors (Lipinski definition) is 1. The molecular formula is C51H36N4OS. The van der Waals surface area contributed by atoms with Crippen molar-refractivity contribution >= 4 is 87.6 Å². The normalized spacial score (nSPS) is 17.9. The van der Waals surface area contributed by atoms with Crippen molar-refractivity contribution in [1.82, 2.24) is 9.88 Å². The van der Waals surface area contributed by atoms with Gasteiger partial charge in [-0.3, -0.25) is 0 Å². The van der Waals surface area contributed by atoms with Crippen LogP contribution in [0.4, 0.5) is 0 Å². The molecule has 2 unspecified atom stereocenters. The zero-order valence-electron chi connectivity index (χ0n) is 31.0. The second-order valence-electron chi connectivity index (χ2n) is 15.1. The summed E-state index contributed by atoms with van der Waals surface area (Å²) in [7, 11) is 0. The van der Waals surface area contributed by atoms with Gasteiger partial charge in [-0.05, 0) is 37.5 Å². The maximum absolute atomic E-state index is 7.12. The SMILES string of the molecule is C1=CCC(C2=NC(C3=c4oc5c(-c6cccc7c6sc6c(-n8c9ccccc9c9ccccc98)cccc67)cccc5c4=CCC3)NC(c3ccccc3)=N2)C=C1. The van der Waals surface area contributed by atoms with E-state index in [1.165, 1.54) is 58.8 Å². The summed E-state index contributed by atoms with van der Waals surface area (Å²) in [6, 6.07) is 48.0. The van der Waals surface area contributed by atoms with E-state index in [1.54, 1.807) is 0 Å². The van der Waals surface area contributed by atoms with E-state index in [-0.39, 0.29) is 12.1 Å². The first kappa shape index (κ1) is 32.5. The fourth-order valence-corrected chi connectivity index (χ4v) is 10.6. The van der Waals surface area contributed by atoms with Gasteiger partial charge in [0.15, 0.2) is 0 Å². The van der Waals surface area contributed by atoms with E-state index in [1.807, 2.05) is 17.4 Å². The van der Waals surface area contributed by atoms with Gasteiger partial charge in [-0.1, -0.05) is 146 Å². The third-order valence-corrected chi connectivity index (χ3v) is 13.2. The van der Waals surface area contributed by atoms with E-state index in [4.69, 9.17) is 14.4 Å². The second kappa shape index (κ2) is 12.9. The second-order valence-corrected chi connectivity index (χ2v) is 16.1. The minimum absolute atomic E-state index is 0.132. The zero-order valence-corrected chi connectivity index (χ0v) is 31.8. The molecule has 2 atom stereocenters. The number of amidine groups is 2. The molecule has 5 nitrogen and oxygen atoms in total. The number of fused-ring (bicyclic) bond motifs is 9. The molecule has 12 rings (SSSR count). The van der Waals surface area contributed by atoms with E-state index in [9.17, 15) is 0 Å². The van der Waals surface area contributed by atoms with E-state index in [2.05, 4.69) is 168 Å². The van der Waals surface area contributed by atoms with E-state index in [0.29, 0.717) is 0 Å². The van der Waals surface area contributed by atoms with Crippen molar-refractivity contribution in [3.63, 3.8) is 0 Å². The van der Waals surface area contributed by atoms with Crippen LogP contribution >= 0.6 is 11.3 Å². The third-order valence-electron chi connectivity index (χ3n) is 11.9. The Kier molecular flexibility index (Phi) is 7.35. The van der Waals surface area contributed by atoms with E-state index in [0.717, 1.165) is 63.7 Å². The Hall–Kier alpha value is -6.76. The van der Waals surface area contributed by atoms with E-state index < -0.39 is 0 Å². The predicted octanol–water partition coefficient (Wildman–Crippen LogP) is 11.2. The molecule has 3 aliphatic rings. The van der Waals surface area contributed by atoms with Crippen LogP contribution in [0.15, 0.2) is 172 Å². The first-order chi connectivity index (χ1) is 28.3. The summed E-state index contributed by atoms with van der Waals surface area (Å²) in [5, 5.41) is 11.1. The molecule has 2 aliphatic carbocycles. The molecule has 0 bridgehead atoms. The van der Waals surface area contributed by atoms with Crippen molar-refractivity contribution in [3.05, 3.63) is 174 Å². The molecule has 1 N–H and O–H groups in total. The Bertz CT molecular complexity index is 3320. The highest BCUT2D eigenvalue weighted by atomic mass is 32.1. The van der Waals surface area contributed by atoms with Gasteiger partial charge in [0.2, 0.25) is 0 Å². The highest BCUT2D eigenvalue weighted by Crippen LogP contribution is 2.45. The Morgan fingerprint density at radius 2 is 1.37 bits per heavy atom. The molecule has 0 saturated carbocycles. The van der Waals surface area contributed by atoms with Crippen molar-refractivity contribution < 1.29 is 4.42 Å². The molecule has 0 amide bonds. The van der Waals surface area contributed by atoms with Gasteiger partial charge in [0, 0.05) is 65.0 Å². The van der Waals surface area contributed by atoms with Gasteiger partial charge < -0.3 is 14.3 Å². The minimum Gasteiger partial charge on any atom is -0.455 e. The number of thiophene rings is 1. The number of rotatable bonds is 5. The smallest absolute Gasteiger partial charge is 0.147 e. The van der Waals surface area contributed by atoms with Gasteiger partial charge in [-0.2, -0.15) is 0 Å². The summed E-state index contributed by atoms with van der Waals surface area (Å²) >= 11 is 1.88. The molecule has 57 heavy (non-hydrogen) atoms. The van der Waals surface area contributed by atoms with Crippen LogP contribution in [-0.2, 0) is 0 Å². The highest BCUT2D eigenvalue weighted by Gasteiger charge is 2.28. The molecule has 1 aliphatic heterocycles. The van der Waals surface area contributed by atoms with Crippen LogP contribution < -0.4 is 16.0 Å². The Balaban J connectivity index is 1.04.